The summed E-state index contributed by atoms with van der Waals surface area (Å²) in [6.07, 6.45) is 5.64. The van der Waals surface area contributed by atoms with Gasteiger partial charge in [0.15, 0.2) is 0 Å². The molecule has 116 valence electrons. The van der Waals surface area contributed by atoms with Crippen molar-refractivity contribution in [2.24, 2.45) is 0 Å². The number of likely N-dealkylation sites (tertiary alicyclic amines) is 1. The number of nitrogens with zero attached hydrogens (tertiary/aromatic N) is 3. The summed E-state index contributed by atoms with van der Waals surface area (Å²) in [5.41, 5.74) is -0.358. The molecule has 0 radical (unpaired) electrons. The third-order valence-corrected chi connectivity index (χ3v) is 4.51. The van der Waals surface area contributed by atoms with E-state index in [0.717, 1.165) is 38.4 Å². The second-order valence-electron chi connectivity index (χ2n) is 6.49. The lowest BCUT2D eigenvalue weighted by molar-refractivity contribution is 0.141. The zero-order valence-corrected chi connectivity index (χ0v) is 13.8. The zero-order valence-electron chi connectivity index (χ0n) is 13.8. The molecule has 0 saturated carbocycles. The lowest BCUT2D eigenvalue weighted by Gasteiger charge is -2.35. The molecule has 0 aromatic rings. The van der Waals surface area contributed by atoms with Crippen LogP contribution in [-0.2, 0) is 0 Å². The largest absolute Gasteiger partial charge is 0.306 e. The third kappa shape index (κ3) is 5.78. The summed E-state index contributed by atoms with van der Waals surface area (Å²) in [5.74, 6) is 0. The first-order chi connectivity index (χ1) is 9.50. The standard InChI is InChI=1S/C16H32N4/c1-5-10-18-16(2,14-17)9-6-11-20(4)15-7-12-19(3)13-8-15/h15,18H,5-13H2,1-4H3. The highest BCUT2D eigenvalue weighted by Crippen LogP contribution is 2.16. The summed E-state index contributed by atoms with van der Waals surface area (Å²) in [7, 11) is 4.44. The highest BCUT2D eigenvalue weighted by Gasteiger charge is 2.24. The van der Waals surface area contributed by atoms with Crippen LogP contribution in [0.1, 0.15) is 46.0 Å². The fourth-order valence-electron chi connectivity index (χ4n) is 2.89. The fourth-order valence-corrected chi connectivity index (χ4v) is 2.89. The van der Waals surface area contributed by atoms with E-state index in [2.05, 4.69) is 42.2 Å². The van der Waals surface area contributed by atoms with E-state index in [-0.39, 0.29) is 5.54 Å². The molecular formula is C16H32N4. The number of hydrogen-bond acceptors (Lipinski definition) is 4. The van der Waals surface area contributed by atoms with Crippen LogP contribution in [0.2, 0.25) is 0 Å². The van der Waals surface area contributed by atoms with Crippen LogP contribution in [0.5, 0.6) is 0 Å². The Morgan fingerprint density at radius 3 is 2.60 bits per heavy atom. The number of nitriles is 1. The van der Waals surface area contributed by atoms with Crippen molar-refractivity contribution in [1.29, 1.82) is 5.26 Å². The Morgan fingerprint density at radius 1 is 1.40 bits per heavy atom. The van der Waals surface area contributed by atoms with E-state index in [1.54, 1.807) is 0 Å². The molecule has 1 aliphatic heterocycles. The van der Waals surface area contributed by atoms with Gasteiger partial charge >= 0.3 is 0 Å². The van der Waals surface area contributed by atoms with E-state index < -0.39 is 0 Å². The van der Waals surface area contributed by atoms with Crippen LogP contribution in [0.15, 0.2) is 0 Å². The molecule has 0 bridgehead atoms. The van der Waals surface area contributed by atoms with E-state index >= 15 is 0 Å². The summed E-state index contributed by atoms with van der Waals surface area (Å²) in [4.78, 5) is 4.90. The Balaban J connectivity index is 2.26. The van der Waals surface area contributed by atoms with Gasteiger partial charge in [-0.05, 0) is 79.3 Å². The molecule has 1 N–H and O–H groups in total. The van der Waals surface area contributed by atoms with Crippen molar-refractivity contribution in [2.75, 3.05) is 40.3 Å². The molecule has 1 rings (SSSR count). The maximum atomic E-state index is 9.32. The van der Waals surface area contributed by atoms with Crippen LogP contribution >= 0.6 is 0 Å². The predicted molar refractivity (Wildman–Crippen MR) is 84.7 cm³/mol. The molecule has 20 heavy (non-hydrogen) atoms. The smallest absolute Gasteiger partial charge is 0.103 e. The maximum Gasteiger partial charge on any atom is 0.103 e. The molecule has 1 unspecified atom stereocenters. The minimum absolute atomic E-state index is 0.358. The maximum absolute atomic E-state index is 9.32. The van der Waals surface area contributed by atoms with Gasteiger partial charge in [0.25, 0.3) is 0 Å². The number of nitrogens with one attached hydrogen (secondary N) is 1. The van der Waals surface area contributed by atoms with Gasteiger partial charge in [-0.3, -0.25) is 5.32 Å². The predicted octanol–water partition coefficient (Wildman–Crippen LogP) is 2.07. The molecule has 1 saturated heterocycles. The van der Waals surface area contributed by atoms with E-state index in [9.17, 15) is 5.26 Å². The van der Waals surface area contributed by atoms with Gasteiger partial charge in [0.2, 0.25) is 0 Å². The fraction of sp³-hybridized carbons (Fsp3) is 0.938. The lowest BCUT2D eigenvalue weighted by atomic mass is 9.96. The molecule has 4 nitrogen and oxygen atoms in total. The van der Waals surface area contributed by atoms with Crippen LogP contribution < -0.4 is 5.32 Å². The summed E-state index contributed by atoms with van der Waals surface area (Å²) in [6.45, 7) is 8.61. The minimum Gasteiger partial charge on any atom is -0.306 e. The normalized spacial score (nSPS) is 20.8. The van der Waals surface area contributed by atoms with Crippen LogP contribution in [0.25, 0.3) is 0 Å². The Kier molecular flexibility index (Phi) is 7.50. The molecular weight excluding hydrogens is 248 g/mol. The highest BCUT2D eigenvalue weighted by atomic mass is 15.2. The molecule has 0 aliphatic carbocycles. The van der Waals surface area contributed by atoms with Crippen molar-refractivity contribution in [1.82, 2.24) is 15.1 Å². The topological polar surface area (TPSA) is 42.3 Å². The second kappa shape index (κ2) is 8.61. The summed E-state index contributed by atoms with van der Waals surface area (Å²) >= 11 is 0. The second-order valence-corrected chi connectivity index (χ2v) is 6.49. The first-order valence-electron chi connectivity index (χ1n) is 8.06. The van der Waals surface area contributed by atoms with E-state index in [1.165, 1.54) is 25.9 Å². The van der Waals surface area contributed by atoms with Crippen LogP contribution in [-0.4, -0.2) is 61.7 Å². The van der Waals surface area contributed by atoms with Crippen molar-refractivity contribution >= 4 is 0 Å². The average Bonchev–Trinajstić information content (AvgIpc) is 2.45. The van der Waals surface area contributed by atoms with Crippen molar-refractivity contribution in [2.45, 2.75) is 57.5 Å². The molecule has 1 heterocycles. The molecule has 4 heteroatoms. The molecule has 1 atom stereocenters. The van der Waals surface area contributed by atoms with Gasteiger partial charge in [0, 0.05) is 6.04 Å². The number of hydrogen-bond donors (Lipinski definition) is 1. The van der Waals surface area contributed by atoms with Gasteiger partial charge in [0.05, 0.1) is 6.07 Å². The molecule has 0 amide bonds. The molecule has 0 aromatic heterocycles. The Morgan fingerprint density at radius 2 is 2.05 bits per heavy atom. The Labute approximate surface area is 125 Å². The van der Waals surface area contributed by atoms with Gasteiger partial charge in [0.1, 0.15) is 5.54 Å². The van der Waals surface area contributed by atoms with Gasteiger partial charge in [-0.2, -0.15) is 5.26 Å². The van der Waals surface area contributed by atoms with E-state index in [0.29, 0.717) is 0 Å². The van der Waals surface area contributed by atoms with Crippen LogP contribution in [0.3, 0.4) is 0 Å². The SMILES string of the molecule is CCCNC(C)(C#N)CCCN(C)C1CCN(C)CC1. The Bertz CT molecular complexity index is 304. The van der Waals surface area contributed by atoms with Crippen LogP contribution in [0.4, 0.5) is 0 Å². The molecule has 1 fully saturated rings. The summed E-state index contributed by atoms with van der Waals surface area (Å²) in [5, 5.41) is 12.7. The van der Waals surface area contributed by atoms with Gasteiger partial charge in [-0.1, -0.05) is 6.92 Å². The highest BCUT2D eigenvalue weighted by molar-refractivity contribution is 5.03. The summed E-state index contributed by atoms with van der Waals surface area (Å²) < 4.78 is 0. The van der Waals surface area contributed by atoms with Crippen molar-refractivity contribution in [3.63, 3.8) is 0 Å². The lowest BCUT2D eigenvalue weighted by Crippen LogP contribution is -2.44. The third-order valence-electron chi connectivity index (χ3n) is 4.51. The van der Waals surface area contributed by atoms with Crippen molar-refractivity contribution < 1.29 is 0 Å². The average molecular weight is 280 g/mol. The first-order valence-corrected chi connectivity index (χ1v) is 8.06. The van der Waals surface area contributed by atoms with Gasteiger partial charge in [-0.25, -0.2) is 0 Å². The molecule has 0 spiro atoms. The number of piperidine rings is 1. The minimum atomic E-state index is -0.358. The van der Waals surface area contributed by atoms with E-state index in [1.807, 2.05) is 6.92 Å². The van der Waals surface area contributed by atoms with Gasteiger partial charge in [-0.15, -0.1) is 0 Å². The summed E-state index contributed by atoms with van der Waals surface area (Å²) in [6, 6.07) is 3.16. The van der Waals surface area contributed by atoms with Crippen molar-refractivity contribution in [3.05, 3.63) is 0 Å². The molecule has 0 aromatic carbocycles. The zero-order chi connectivity index (χ0) is 15.0. The Hall–Kier alpha value is -0.630. The van der Waals surface area contributed by atoms with E-state index in [4.69, 9.17) is 0 Å². The van der Waals surface area contributed by atoms with Gasteiger partial charge < -0.3 is 9.80 Å². The monoisotopic (exact) mass is 280 g/mol. The first kappa shape index (κ1) is 17.4. The number of rotatable bonds is 8. The van der Waals surface area contributed by atoms with Crippen LogP contribution in [0, 0.1) is 11.3 Å². The quantitative estimate of drug-likeness (QED) is 0.739. The molecule has 1 aliphatic rings. The van der Waals surface area contributed by atoms with Crippen molar-refractivity contribution in [3.8, 4) is 6.07 Å².